The molecular formula is C10H5Br2F2N3. The zero-order chi connectivity index (χ0) is 12.4. The zero-order valence-electron chi connectivity index (χ0n) is 8.22. The first-order chi connectivity index (χ1) is 8.06. The summed E-state index contributed by atoms with van der Waals surface area (Å²) in [5.41, 5.74) is 0.0978. The van der Waals surface area contributed by atoms with Crippen LogP contribution in [0.3, 0.4) is 0 Å². The number of nitrogens with zero attached hydrogens (tertiary/aromatic N) is 2. The predicted octanol–water partition coefficient (Wildman–Crippen LogP) is 4.02. The van der Waals surface area contributed by atoms with E-state index in [2.05, 4.69) is 47.1 Å². The van der Waals surface area contributed by atoms with Gasteiger partial charge in [0, 0.05) is 18.5 Å². The molecule has 0 spiro atoms. The van der Waals surface area contributed by atoms with Gasteiger partial charge < -0.3 is 5.32 Å². The summed E-state index contributed by atoms with van der Waals surface area (Å²) in [6.45, 7) is 0. The average molecular weight is 365 g/mol. The highest BCUT2D eigenvalue weighted by molar-refractivity contribution is 9.10. The number of hydrogen-bond acceptors (Lipinski definition) is 3. The third-order valence-corrected chi connectivity index (χ3v) is 2.89. The molecule has 0 saturated heterocycles. The Labute approximate surface area is 113 Å². The van der Waals surface area contributed by atoms with E-state index < -0.39 is 11.6 Å². The van der Waals surface area contributed by atoms with Crippen molar-refractivity contribution in [1.29, 1.82) is 0 Å². The van der Waals surface area contributed by atoms with Crippen LogP contribution in [0, 0.1) is 11.6 Å². The number of rotatable bonds is 2. The summed E-state index contributed by atoms with van der Waals surface area (Å²) in [6, 6.07) is 2.07. The van der Waals surface area contributed by atoms with E-state index in [9.17, 15) is 8.78 Å². The van der Waals surface area contributed by atoms with Crippen LogP contribution in [0.25, 0.3) is 0 Å². The lowest BCUT2D eigenvalue weighted by atomic mass is 10.3. The van der Waals surface area contributed by atoms with E-state index in [0.29, 0.717) is 4.47 Å². The number of halogens is 4. The van der Waals surface area contributed by atoms with Crippen molar-refractivity contribution in [3.63, 3.8) is 0 Å². The molecule has 1 N–H and O–H groups in total. The maximum absolute atomic E-state index is 13.4. The second-order valence-electron chi connectivity index (χ2n) is 3.10. The average Bonchev–Trinajstić information content (AvgIpc) is 2.29. The molecule has 1 heterocycles. The summed E-state index contributed by atoms with van der Waals surface area (Å²) in [5.74, 6) is -1.15. The van der Waals surface area contributed by atoms with Gasteiger partial charge in [0.1, 0.15) is 11.6 Å². The van der Waals surface area contributed by atoms with Crippen LogP contribution in [0.5, 0.6) is 0 Å². The third kappa shape index (κ3) is 2.98. The molecule has 17 heavy (non-hydrogen) atoms. The number of aromatic nitrogens is 2. The minimum Gasteiger partial charge on any atom is -0.322 e. The molecule has 88 valence electrons. The lowest BCUT2D eigenvalue weighted by Gasteiger charge is -2.06. The Hall–Kier alpha value is -1.08. The summed E-state index contributed by atoms with van der Waals surface area (Å²) in [6.07, 6.45) is 3.04. The van der Waals surface area contributed by atoms with Crippen LogP contribution in [-0.4, -0.2) is 9.97 Å². The molecule has 0 fully saturated rings. The number of hydrogen-bond donors (Lipinski definition) is 1. The Morgan fingerprint density at radius 3 is 2.29 bits per heavy atom. The fraction of sp³-hybridized carbons (Fsp3) is 0. The van der Waals surface area contributed by atoms with Crippen molar-refractivity contribution in [2.45, 2.75) is 0 Å². The molecule has 0 aliphatic rings. The quantitative estimate of drug-likeness (QED) is 0.818. The molecular weight excluding hydrogens is 360 g/mol. The summed E-state index contributed by atoms with van der Waals surface area (Å²) >= 11 is 6.16. The van der Waals surface area contributed by atoms with Crippen LogP contribution in [0.1, 0.15) is 0 Å². The minimum atomic E-state index is -0.711. The van der Waals surface area contributed by atoms with Gasteiger partial charge in [-0.3, -0.25) is 0 Å². The topological polar surface area (TPSA) is 37.8 Å². The van der Waals surface area contributed by atoms with Crippen molar-refractivity contribution >= 4 is 43.5 Å². The molecule has 0 bridgehead atoms. The summed E-state index contributed by atoms with van der Waals surface area (Å²) in [5, 5.41) is 2.65. The van der Waals surface area contributed by atoms with Crippen molar-refractivity contribution in [2.75, 3.05) is 5.32 Å². The van der Waals surface area contributed by atoms with Gasteiger partial charge in [-0.2, -0.15) is 0 Å². The first-order valence-electron chi connectivity index (χ1n) is 4.45. The highest BCUT2D eigenvalue weighted by atomic mass is 79.9. The van der Waals surface area contributed by atoms with E-state index >= 15 is 0 Å². The molecule has 0 aliphatic carbocycles. The van der Waals surface area contributed by atoms with Gasteiger partial charge in [0.15, 0.2) is 0 Å². The second kappa shape index (κ2) is 5.05. The predicted molar refractivity (Wildman–Crippen MR) is 67.1 cm³/mol. The molecule has 0 radical (unpaired) electrons. The van der Waals surface area contributed by atoms with Gasteiger partial charge >= 0.3 is 0 Å². The molecule has 0 unspecified atom stereocenters. The van der Waals surface area contributed by atoms with Gasteiger partial charge in [-0.25, -0.2) is 18.7 Å². The van der Waals surface area contributed by atoms with Crippen molar-refractivity contribution < 1.29 is 8.78 Å². The van der Waals surface area contributed by atoms with Crippen LogP contribution < -0.4 is 5.32 Å². The molecule has 7 heteroatoms. The molecule has 2 aromatic rings. The van der Waals surface area contributed by atoms with Crippen molar-refractivity contribution in [3.8, 4) is 0 Å². The fourth-order valence-corrected chi connectivity index (χ4v) is 1.66. The van der Waals surface area contributed by atoms with Gasteiger partial charge in [0.05, 0.1) is 14.6 Å². The molecule has 0 atom stereocenters. The molecule has 0 saturated carbocycles. The first-order valence-corrected chi connectivity index (χ1v) is 6.04. The Balaban J connectivity index is 2.30. The summed E-state index contributed by atoms with van der Waals surface area (Å²) in [4.78, 5) is 7.84. The fourth-order valence-electron chi connectivity index (χ4n) is 1.12. The Kier molecular flexibility index (Phi) is 3.68. The minimum absolute atomic E-state index is 0.0978. The van der Waals surface area contributed by atoms with Crippen LogP contribution in [-0.2, 0) is 0 Å². The molecule has 0 amide bonds. The van der Waals surface area contributed by atoms with E-state index in [1.807, 2.05) is 0 Å². The highest BCUT2D eigenvalue weighted by Crippen LogP contribution is 2.25. The second-order valence-corrected chi connectivity index (χ2v) is 4.87. The van der Waals surface area contributed by atoms with Crippen LogP contribution >= 0.6 is 31.9 Å². The molecule has 1 aromatic carbocycles. The van der Waals surface area contributed by atoms with Crippen molar-refractivity contribution in [3.05, 3.63) is 45.1 Å². The summed E-state index contributed by atoms with van der Waals surface area (Å²) < 4.78 is 27.3. The zero-order valence-corrected chi connectivity index (χ0v) is 11.4. The summed E-state index contributed by atoms with van der Waals surface area (Å²) in [7, 11) is 0. The van der Waals surface area contributed by atoms with E-state index in [0.717, 1.165) is 6.07 Å². The Bertz CT molecular complexity index is 546. The lowest BCUT2D eigenvalue weighted by Crippen LogP contribution is -1.99. The van der Waals surface area contributed by atoms with Gasteiger partial charge in [-0.05, 0) is 37.9 Å². The standard InChI is InChI=1S/C10H5Br2F2N3/c11-5-3-15-10(16-4-5)17-9-1-6(12)7(13)2-8(9)14/h1-4H,(H,15,16,17). The largest absolute Gasteiger partial charge is 0.322 e. The first kappa shape index (κ1) is 12.4. The van der Waals surface area contributed by atoms with Crippen LogP contribution in [0.2, 0.25) is 0 Å². The normalized spacial score (nSPS) is 10.4. The lowest BCUT2D eigenvalue weighted by molar-refractivity contribution is 0.581. The maximum atomic E-state index is 13.4. The van der Waals surface area contributed by atoms with E-state index in [1.165, 1.54) is 18.5 Å². The monoisotopic (exact) mass is 363 g/mol. The molecule has 2 rings (SSSR count). The van der Waals surface area contributed by atoms with E-state index in [-0.39, 0.29) is 16.1 Å². The number of anilines is 2. The third-order valence-electron chi connectivity index (χ3n) is 1.88. The van der Waals surface area contributed by atoms with Crippen molar-refractivity contribution in [1.82, 2.24) is 9.97 Å². The van der Waals surface area contributed by atoms with Gasteiger partial charge in [-0.15, -0.1) is 0 Å². The van der Waals surface area contributed by atoms with Gasteiger partial charge in [0.2, 0.25) is 5.95 Å². The number of benzene rings is 1. The van der Waals surface area contributed by atoms with Crippen LogP contribution in [0.4, 0.5) is 20.4 Å². The van der Waals surface area contributed by atoms with Gasteiger partial charge in [-0.1, -0.05) is 0 Å². The maximum Gasteiger partial charge on any atom is 0.227 e. The molecule has 3 nitrogen and oxygen atoms in total. The van der Waals surface area contributed by atoms with E-state index in [4.69, 9.17) is 0 Å². The SMILES string of the molecule is Fc1cc(F)c(Nc2ncc(Br)cn2)cc1Br. The Morgan fingerprint density at radius 2 is 1.65 bits per heavy atom. The van der Waals surface area contributed by atoms with Gasteiger partial charge in [0.25, 0.3) is 0 Å². The van der Waals surface area contributed by atoms with Crippen molar-refractivity contribution in [2.24, 2.45) is 0 Å². The smallest absolute Gasteiger partial charge is 0.227 e. The highest BCUT2D eigenvalue weighted by Gasteiger charge is 2.09. The molecule has 1 aromatic heterocycles. The molecule has 0 aliphatic heterocycles. The van der Waals surface area contributed by atoms with Crippen LogP contribution in [0.15, 0.2) is 33.5 Å². The Morgan fingerprint density at radius 1 is 1.00 bits per heavy atom. The van der Waals surface area contributed by atoms with E-state index in [1.54, 1.807) is 0 Å². The number of nitrogens with one attached hydrogen (secondary N) is 1.